The van der Waals surface area contributed by atoms with Gasteiger partial charge in [0.2, 0.25) is 0 Å². The van der Waals surface area contributed by atoms with Crippen molar-refractivity contribution < 1.29 is 28.6 Å². The van der Waals surface area contributed by atoms with Crippen LogP contribution in [0.5, 0.6) is 0 Å². The normalized spacial score (nSPS) is 14.5. The Bertz CT molecular complexity index is 1210. The molecule has 3 aromatic rings. The van der Waals surface area contributed by atoms with Gasteiger partial charge in [0, 0.05) is 18.8 Å². The van der Waals surface area contributed by atoms with E-state index < -0.39 is 36.1 Å². The van der Waals surface area contributed by atoms with Gasteiger partial charge in [-0.1, -0.05) is 85.8 Å². The average molecular weight is 502 g/mol. The minimum Gasteiger partial charge on any atom is -0.462 e. The van der Waals surface area contributed by atoms with Crippen molar-refractivity contribution in [1.82, 2.24) is 5.32 Å². The average Bonchev–Trinajstić information content (AvgIpc) is 3.22. The highest BCUT2D eigenvalue weighted by Gasteiger charge is 2.35. The van der Waals surface area contributed by atoms with Crippen LogP contribution in [0.3, 0.4) is 0 Å². The zero-order valence-corrected chi connectivity index (χ0v) is 21.2. The molecule has 0 radical (unpaired) electrons. The lowest BCUT2D eigenvalue weighted by Crippen LogP contribution is -2.49. The molecule has 1 N–H and O–H groups in total. The van der Waals surface area contributed by atoms with Crippen LogP contribution in [0.25, 0.3) is 11.1 Å². The third-order valence-electron chi connectivity index (χ3n) is 6.71. The highest BCUT2D eigenvalue weighted by Crippen LogP contribution is 2.44. The molecule has 1 amide bonds. The molecule has 0 bridgehead atoms. The molecule has 7 heteroatoms. The summed E-state index contributed by atoms with van der Waals surface area (Å²) < 4.78 is 16.4. The van der Waals surface area contributed by atoms with E-state index in [1.165, 1.54) is 6.92 Å². The Balaban J connectivity index is 1.44. The second-order valence-corrected chi connectivity index (χ2v) is 9.21. The number of hydrogen-bond donors (Lipinski definition) is 1. The first-order valence-corrected chi connectivity index (χ1v) is 12.3. The second-order valence-electron chi connectivity index (χ2n) is 9.21. The van der Waals surface area contributed by atoms with Crippen molar-refractivity contribution in [3.63, 3.8) is 0 Å². The fraction of sp³-hybridized carbons (Fsp3) is 0.300. The molecule has 0 aliphatic heterocycles. The van der Waals surface area contributed by atoms with Crippen LogP contribution in [0.1, 0.15) is 43.4 Å². The van der Waals surface area contributed by atoms with Crippen molar-refractivity contribution >= 4 is 18.0 Å². The highest BCUT2D eigenvalue weighted by atomic mass is 16.6. The number of rotatable bonds is 9. The molecule has 2 unspecified atom stereocenters. The SMILES string of the molecule is CC(=O)OC(C)[C@H](C)C(NC(=O)OCC1c2ccccc2-c2ccccc21)C(=O)OCc1ccccc1. The Hall–Kier alpha value is -4.13. The van der Waals surface area contributed by atoms with E-state index >= 15 is 0 Å². The minimum absolute atomic E-state index is 0.0528. The van der Waals surface area contributed by atoms with Gasteiger partial charge in [-0.15, -0.1) is 0 Å². The summed E-state index contributed by atoms with van der Waals surface area (Å²) in [7, 11) is 0. The Morgan fingerprint density at radius 2 is 1.38 bits per heavy atom. The highest BCUT2D eigenvalue weighted by molar-refractivity contribution is 5.82. The van der Waals surface area contributed by atoms with Gasteiger partial charge in [0.1, 0.15) is 25.4 Å². The summed E-state index contributed by atoms with van der Waals surface area (Å²) in [6.45, 7) is 4.84. The van der Waals surface area contributed by atoms with Crippen molar-refractivity contribution in [3.8, 4) is 11.1 Å². The summed E-state index contributed by atoms with van der Waals surface area (Å²) in [4.78, 5) is 37.4. The first-order valence-electron chi connectivity index (χ1n) is 12.3. The molecule has 3 aromatic carbocycles. The Labute approximate surface area is 216 Å². The molecule has 1 aliphatic carbocycles. The smallest absolute Gasteiger partial charge is 0.407 e. The molecule has 0 heterocycles. The van der Waals surface area contributed by atoms with Gasteiger partial charge < -0.3 is 19.5 Å². The molecular weight excluding hydrogens is 470 g/mol. The third kappa shape index (κ3) is 6.17. The molecule has 1 aliphatic rings. The Kier molecular flexibility index (Phi) is 8.23. The van der Waals surface area contributed by atoms with Crippen LogP contribution in [0, 0.1) is 5.92 Å². The van der Waals surface area contributed by atoms with E-state index in [9.17, 15) is 14.4 Å². The number of ether oxygens (including phenoxy) is 3. The first-order chi connectivity index (χ1) is 17.8. The fourth-order valence-electron chi connectivity index (χ4n) is 4.63. The van der Waals surface area contributed by atoms with Gasteiger partial charge >= 0.3 is 18.0 Å². The zero-order chi connectivity index (χ0) is 26.4. The minimum atomic E-state index is -1.08. The molecular formula is C30H31NO6. The largest absolute Gasteiger partial charge is 0.462 e. The van der Waals surface area contributed by atoms with E-state index in [0.717, 1.165) is 27.8 Å². The summed E-state index contributed by atoms with van der Waals surface area (Å²) in [5, 5.41) is 2.65. The second kappa shape index (κ2) is 11.7. The van der Waals surface area contributed by atoms with Crippen LogP contribution < -0.4 is 5.32 Å². The predicted octanol–water partition coefficient (Wildman–Crippen LogP) is 5.22. The number of esters is 2. The number of alkyl carbamates (subject to hydrolysis) is 1. The van der Waals surface area contributed by atoms with Crippen molar-refractivity contribution in [2.75, 3.05) is 6.61 Å². The van der Waals surface area contributed by atoms with E-state index in [4.69, 9.17) is 14.2 Å². The molecule has 7 nitrogen and oxygen atoms in total. The summed E-state index contributed by atoms with van der Waals surface area (Å²) in [5.41, 5.74) is 5.24. The quantitative estimate of drug-likeness (QED) is 0.319. The molecule has 0 saturated heterocycles. The van der Waals surface area contributed by atoms with Gasteiger partial charge in [0.15, 0.2) is 0 Å². The molecule has 0 fully saturated rings. The van der Waals surface area contributed by atoms with Gasteiger partial charge in [0.25, 0.3) is 0 Å². The van der Waals surface area contributed by atoms with Crippen molar-refractivity contribution in [2.24, 2.45) is 5.92 Å². The molecule has 0 saturated carbocycles. The number of benzene rings is 3. The maximum absolute atomic E-state index is 13.0. The van der Waals surface area contributed by atoms with Gasteiger partial charge in [-0.3, -0.25) is 4.79 Å². The van der Waals surface area contributed by atoms with E-state index in [-0.39, 0.29) is 19.1 Å². The maximum atomic E-state index is 13.0. The zero-order valence-electron chi connectivity index (χ0n) is 21.2. The molecule has 0 aromatic heterocycles. The monoisotopic (exact) mass is 501 g/mol. The van der Waals surface area contributed by atoms with Gasteiger partial charge in [-0.2, -0.15) is 0 Å². The molecule has 0 spiro atoms. The summed E-state index contributed by atoms with van der Waals surface area (Å²) in [6, 6.07) is 24.3. The van der Waals surface area contributed by atoms with E-state index in [1.54, 1.807) is 13.8 Å². The first kappa shape index (κ1) is 25.9. The van der Waals surface area contributed by atoms with E-state index in [0.29, 0.717) is 0 Å². The van der Waals surface area contributed by atoms with E-state index in [2.05, 4.69) is 17.4 Å². The summed E-state index contributed by atoms with van der Waals surface area (Å²) in [6.07, 6.45) is -1.38. The third-order valence-corrected chi connectivity index (χ3v) is 6.71. The topological polar surface area (TPSA) is 90.9 Å². The van der Waals surface area contributed by atoms with Gasteiger partial charge in [-0.05, 0) is 34.7 Å². The lowest BCUT2D eigenvalue weighted by Gasteiger charge is -2.27. The van der Waals surface area contributed by atoms with Gasteiger partial charge in [-0.25, -0.2) is 9.59 Å². The Morgan fingerprint density at radius 1 is 0.811 bits per heavy atom. The number of carbonyl (C=O) groups excluding carboxylic acids is 3. The number of nitrogens with one attached hydrogen (secondary N) is 1. The van der Waals surface area contributed by atoms with Crippen LogP contribution in [0.15, 0.2) is 78.9 Å². The molecule has 3 atom stereocenters. The van der Waals surface area contributed by atoms with Crippen LogP contribution in [-0.2, 0) is 30.4 Å². The number of carbonyl (C=O) groups is 3. The lowest BCUT2D eigenvalue weighted by molar-refractivity contribution is -0.155. The van der Waals surface area contributed by atoms with E-state index in [1.807, 2.05) is 66.7 Å². The standard InChI is InChI=1S/C30H31NO6/c1-19(20(2)37-21(3)32)28(29(33)35-17-22-11-5-4-6-12-22)31-30(34)36-18-27-25-15-9-7-13-23(25)24-14-8-10-16-26(24)27/h4-16,19-20,27-28H,17-18H2,1-3H3,(H,31,34)/t19-,20?,28?/m0/s1. The van der Waals surface area contributed by atoms with Crippen LogP contribution in [0.2, 0.25) is 0 Å². The van der Waals surface area contributed by atoms with Crippen LogP contribution >= 0.6 is 0 Å². The number of amides is 1. The van der Waals surface area contributed by atoms with Gasteiger partial charge in [0.05, 0.1) is 0 Å². The predicted molar refractivity (Wildman–Crippen MR) is 139 cm³/mol. The number of hydrogen-bond acceptors (Lipinski definition) is 6. The fourth-order valence-corrected chi connectivity index (χ4v) is 4.63. The van der Waals surface area contributed by atoms with Crippen molar-refractivity contribution in [1.29, 1.82) is 0 Å². The van der Waals surface area contributed by atoms with Crippen LogP contribution in [0.4, 0.5) is 4.79 Å². The summed E-state index contributed by atoms with van der Waals surface area (Å²) in [5.74, 6) is -1.78. The Morgan fingerprint density at radius 3 is 1.97 bits per heavy atom. The van der Waals surface area contributed by atoms with Crippen molar-refractivity contribution in [2.45, 2.75) is 45.4 Å². The number of fused-ring (bicyclic) bond motifs is 3. The molecule has 37 heavy (non-hydrogen) atoms. The molecule has 4 rings (SSSR count). The molecule has 192 valence electrons. The lowest BCUT2D eigenvalue weighted by atomic mass is 9.96. The maximum Gasteiger partial charge on any atom is 0.407 e. The summed E-state index contributed by atoms with van der Waals surface area (Å²) >= 11 is 0. The van der Waals surface area contributed by atoms with Crippen molar-refractivity contribution in [3.05, 3.63) is 95.6 Å². The van der Waals surface area contributed by atoms with Crippen LogP contribution in [-0.4, -0.2) is 36.8 Å².